The molecule has 2 rings (SSSR count). The third-order valence-corrected chi connectivity index (χ3v) is 2.72. The summed E-state index contributed by atoms with van der Waals surface area (Å²) in [6.07, 6.45) is 8.55. The van der Waals surface area contributed by atoms with Gasteiger partial charge in [0.25, 0.3) is 0 Å². The van der Waals surface area contributed by atoms with E-state index in [0.717, 1.165) is 24.4 Å². The zero-order chi connectivity index (χ0) is 12.3. The monoisotopic (exact) mass is 234 g/mol. The SMILES string of the molecule is CCCn1cc(C(NN)c2nccn2C)cn1. The highest BCUT2D eigenvalue weighted by Crippen LogP contribution is 2.18. The van der Waals surface area contributed by atoms with Crippen molar-refractivity contribution in [3.8, 4) is 0 Å². The number of nitrogens with two attached hydrogens (primary N) is 1. The van der Waals surface area contributed by atoms with Gasteiger partial charge in [-0.05, 0) is 6.42 Å². The third-order valence-electron chi connectivity index (χ3n) is 2.72. The van der Waals surface area contributed by atoms with E-state index >= 15 is 0 Å². The minimum absolute atomic E-state index is 0.124. The predicted octanol–water partition coefficient (Wildman–Crippen LogP) is 0.579. The highest BCUT2D eigenvalue weighted by molar-refractivity contribution is 5.19. The van der Waals surface area contributed by atoms with Crippen molar-refractivity contribution in [3.05, 3.63) is 36.2 Å². The van der Waals surface area contributed by atoms with Crippen LogP contribution in [-0.2, 0) is 13.6 Å². The van der Waals surface area contributed by atoms with Gasteiger partial charge in [-0.1, -0.05) is 6.92 Å². The zero-order valence-corrected chi connectivity index (χ0v) is 10.2. The van der Waals surface area contributed by atoms with Crippen LogP contribution >= 0.6 is 0 Å². The zero-order valence-electron chi connectivity index (χ0n) is 10.2. The molecule has 0 radical (unpaired) electrons. The average molecular weight is 234 g/mol. The number of imidazole rings is 1. The van der Waals surface area contributed by atoms with E-state index in [9.17, 15) is 0 Å². The van der Waals surface area contributed by atoms with E-state index in [0.29, 0.717) is 0 Å². The van der Waals surface area contributed by atoms with E-state index < -0.39 is 0 Å². The summed E-state index contributed by atoms with van der Waals surface area (Å²) in [6, 6.07) is -0.124. The van der Waals surface area contributed by atoms with Gasteiger partial charge in [0.15, 0.2) is 0 Å². The second kappa shape index (κ2) is 5.11. The second-order valence-corrected chi connectivity index (χ2v) is 4.03. The van der Waals surface area contributed by atoms with Gasteiger partial charge in [-0.25, -0.2) is 10.4 Å². The standard InChI is InChI=1S/C11H18N6/c1-3-5-17-8-9(7-14-17)10(15-12)11-13-4-6-16(11)2/h4,6-8,10,15H,3,5,12H2,1-2H3. The maximum atomic E-state index is 5.61. The molecule has 1 atom stereocenters. The lowest BCUT2D eigenvalue weighted by molar-refractivity contribution is 0.574. The molecule has 0 aromatic carbocycles. The lowest BCUT2D eigenvalue weighted by Gasteiger charge is -2.13. The summed E-state index contributed by atoms with van der Waals surface area (Å²) >= 11 is 0. The van der Waals surface area contributed by atoms with Crippen LogP contribution in [0, 0.1) is 0 Å². The first kappa shape index (κ1) is 11.8. The van der Waals surface area contributed by atoms with Crippen molar-refractivity contribution in [1.82, 2.24) is 24.8 Å². The largest absolute Gasteiger partial charge is 0.336 e. The van der Waals surface area contributed by atoms with Gasteiger partial charge in [0.05, 0.1) is 6.20 Å². The van der Waals surface area contributed by atoms with Crippen molar-refractivity contribution in [3.63, 3.8) is 0 Å². The summed E-state index contributed by atoms with van der Waals surface area (Å²) in [5, 5.41) is 4.30. The Hall–Kier alpha value is -1.66. The van der Waals surface area contributed by atoms with Crippen LogP contribution in [0.5, 0.6) is 0 Å². The van der Waals surface area contributed by atoms with Gasteiger partial charge in [-0.2, -0.15) is 5.10 Å². The molecule has 0 aliphatic carbocycles. The number of nitrogens with one attached hydrogen (secondary N) is 1. The molecule has 1 unspecified atom stereocenters. The first-order chi connectivity index (χ1) is 8.26. The Labute approximate surface area is 100 Å². The molecule has 0 bridgehead atoms. The molecule has 0 aliphatic heterocycles. The van der Waals surface area contributed by atoms with Gasteiger partial charge in [0, 0.05) is 37.7 Å². The fourth-order valence-electron chi connectivity index (χ4n) is 1.86. The molecule has 2 aromatic rings. The minimum Gasteiger partial charge on any atom is -0.336 e. The van der Waals surface area contributed by atoms with Crippen molar-refractivity contribution in [1.29, 1.82) is 0 Å². The predicted molar refractivity (Wildman–Crippen MR) is 64.9 cm³/mol. The first-order valence-corrected chi connectivity index (χ1v) is 5.72. The van der Waals surface area contributed by atoms with Crippen LogP contribution in [0.2, 0.25) is 0 Å². The summed E-state index contributed by atoms with van der Waals surface area (Å²) in [7, 11) is 1.95. The lowest BCUT2D eigenvalue weighted by atomic mass is 10.1. The molecule has 0 saturated heterocycles. The summed E-state index contributed by atoms with van der Waals surface area (Å²) < 4.78 is 3.87. The Balaban J connectivity index is 2.26. The van der Waals surface area contributed by atoms with Gasteiger partial charge in [0.2, 0.25) is 0 Å². The molecule has 0 fully saturated rings. The minimum atomic E-state index is -0.124. The Morgan fingerprint density at radius 2 is 2.35 bits per heavy atom. The third kappa shape index (κ3) is 2.37. The molecule has 2 aromatic heterocycles. The number of hydrogen-bond acceptors (Lipinski definition) is 4. The van der Waals surface area contributed by atoms with Crippen LogP contribution in [0.15, 0.2) is 24.8 Å². The van der Waals surface area contributed by atoms with Gasteiger partial charge >= 0.3 is 0 Å². The van der Waals surface area contributed by atoms with E-state index in [-0.39, 0.29) is 6.04 Å². The van der Waals surface area contributed by atoms with E-state index in [4.69, 9.17) is 5.84 Å². The molecule has 0 spiro atoms. The van der Waals surface area contributed by atoms with Gasteiger partial charge in [-0.3, -0.25) is 10.5 Å². The number of hydrazine groups is 1. The summed E-state index contributed by atoms with van der Waals surface area (Å²) in [5.41, 5.74) is 3.80. The maximum absolute atomic E-state index is 5.61. The highest BCUT2D eigenvalue weighted by Gasteiger charge is 2.18. The molecule has 0 aliphatic rings. The molecule has 6 heteroatoms. The van der Waals surface area contributed by atoms with Crippen molar-refractivity contribution in [2.45, 2.75) is 25.9 Å². The lowest BCUT2D eigenvalue weighted by Crippen LogP contribution is -2.30. The maximum Gasteiger partial charge on any atom is 0.131 e. The highest BCUT2D eigenvalue weighted by atomic mass is 15.3. The van der Waals surface area contributed by atoms with Crippen molar-refractivity contribution >= 4 is 0 Å². The molecule has 17 heavy (non-hydrogen) atoms. The molecule has 6 nitrogen and oxygen atoms in total. The summed E-state index contributed by atoms with van der Waals surface area (Å²) in [6.45, 7) is 3.04. The Bertz CT molecular complexity index is 472. The van der Waals surface area contributed by atoms with E-state index in [1.807, 2.05) is 34.9 Å². The fourth-order valence-corrected chi connectivity index (χ4v) is 1.86. The smallest absolute Gasteiger partial charge is 0.131 e. The number of nitrogens with zero attached hydrogens (tertiary/aromatic N) is 4. The summed E-state index contributed by atoms with van der Waals surface area (Å²) in [4.78, 5) is 4.30. The summed E-state index contributed by atoms with van der Waals surface area (Å²) in [5.74, 6) is 6.49. The number of aryl methyl sites for hydroxylation is 2. The molecule has 0 amide bonds. The number of hydrogen-bond donors (Lipinski definition) is 2. The molecule has 92 valence electrons. The molecule has 2 heterocycles. The van der Waals surface area contributed by atoms with E-state index in [2.05, 4.69) is 22.4 Å². The van der Waals surface area contributed by atoms with Crippen molar-refractivity contribution in [2.24, 2.45) is 12.9 Å². The first-order valence-electron chi connectivity index (χ1n) is 5.72. The number of rotatable bonds is 5. The Morgan fingerprint density at radius 3 is 2.94 bits per heavy atom. The van der Waals surface area contributed by atoms with Crippen LogP contribution in [0.3, 0.4) is 0 Å². The molecular weight excluding hydrogens is 216 g/mol. The number of aromatic nitrogens is 4. The van der Waals surface area contributed by atoms with Crippen molar-refractivity contribution in [2.75, 3.05) is 0 Å². The van der Waals surface area contributed by atoms with Crippen LogP contribution in [0.4, 0.5) is 0 Å². The van der Waals surface area contributed by atoms with Crippen LogP contribution in [0.1, 0.15) is 30.8 Å². The molecular formula is C11H18N6. The van der Waals surface area contributed by atoms with E-state index in [1.54, 1.807) is 6.20 Å². The van der Waals surface area contributed by atoms with Crippen molar-refractivity contribution < 1.29 is 0 Å². The normalized spacial score (nSPS) is 12.9. The van der Waals surface area contributed by atoms with Gasteiger partial charge in [-0.15, -0.1) is 0 Å². The van der Waals surface area contributed by atoms with Crippen LogP contribution < -0.4 is 11.3 Å². The van der Waals surface area contributed by atoms with Gasteiger partial charge in [0.1, 0.15) is 11.9 Å². The fraction of sp³-hybridized carbons (Fsp3) is 0.455. The second-order valence-electron chi connectivity index (χ2n) is 4.03. The average Bonchev–Trinajstić information content (AvgIpc) is 2.92. The van der Waals surface area contributed by atoms with E-state index in [1.165, 1.54) is 0 Å². The van der Waals surface area contributed by atoms with Gasteiger partial charge < -0.3 is 4.57 Å². The Morgan fingerprint density at radius 1 is 1.53 bits per heavy atom. The molecule has 3 N–H and O–H groups in total. The quantitative estimate of drug-likeness (QED) is 0.586. The van der Waals surface area contributed by atoms with Crippen LogP contribution in [0.25, 0.3) is 0 Å². The Kier molecular flexibility index (Phi) is 3.55. The van der Waals surface area contributed by atoms with Crippen LogP contribution in [-0.4, -0.2) is 19.3 Å². The topological polar surface area (TPSA) is 73.7 Å². The molecule has 0 saturated carbocycles.